The third kappa shape index (κ3) is 4.69. The fraction of sp³-hybridized carbons (Fsp3) is 0.381. The number of anilines is 2. The zero-order valence-corrected chi connectivity index (χ0v) is 15.5. The molecule has 0 unspecified atom stereocenters. The summed E-state index contributed by atoms with van der Waals surface area (Å²) in [5, 5.41) is 5.67. The minimum Gasteiger partial charge on any atom is -0.491 e. The number of rotatable bonds is 6. The lowest BCUT2D eigenvalue weighted by molar-refractivity contribution is 0.247. The van der Waals surface area contributed by atoms with Crippen LogP contribution >= 0.6 is 0 Å². The van der Waals surface area contributed by atoms with E-state index >= 15 is 0 Å². The van der Waals surface area contributed by atoms with Crippen molar-refractivity contribution in [1.82, 2.24) is 5.32 Å². The maximum absolute atomic E-state index is 12.0. The smallest absolute Gasteiger partial charge is 0.319 e. The molecule has 0 saturated carbocycles. The average Bonchev–Trinajstić information content (AvgIpc) is 2.66. The Morgan fingerprint density at radius 1 is 1.08 bits per heavy atom. The number of carbonyl (C=O) groups is 1. The fourth-order valence-electron chi connectivity index (χ4n) is 3.23. The second-order valence-corrected chi connectivity index (χ2v) is 6.77. The molecule has 2 amide bonds. The molecule has 1 aliphatic carbocycles. The average molecular weight is 353 g/mol. The van der Waals surface area contributed by atoms with Crippen LogP contribution in [-0.2, 0) is 12.8 Å². The Labute approximate surface area is 155 Å². The van der Waals surface area contributed by atoms with Gasteiger partial charge in [-0.05, 0) is 67.1 Å². The monoisotopic (exact) mass is 353 g/mol. The van der Waals surface area contributed by atoms with Crippen LogP contribution in [0.5, 0.6) is 5.75 Å². The lowest BCUT2D eigenvalue weighted by Crippen LogP contribution is -2.32. The first kappa shape index (κ1) is 18.1. The summed E-state index contributed by atoms with van der Waals surface area (Å²) in [6, 6.07) is 13.8. The summed E-state index contributed by atoms with van der Waals surface area (Å²) in [5.74, 6) is 0.962. The predicted octanol–water partition coefficient (Wildman–Crippen LogP) is 3.83. The maximum Gasteiger partial charge on any atom is 0.319 e. The van der Waals surface area contributed by atoms with E-state index in [4.69, 9.17) is 4.74 Å². The van der Waals surface area contributed by atoms with Gasteiger partial charge in [-0.25, -0.2) is 4.79 Å². The summed E-state index contributed by atoms with van der Waals surface area (Å²) in [5.41, 5.74) is 4.60. The van der Waals surface area contributed by atoms with Gasteiger partial charge in [-0.2, -0.15) is 0 Å². The van der Waals surface area contributed by atoms with E-state index in [9.17, 15) is 4.79 Å². The van der Waals surface area contributed by atoms with E-state index in [0.717, 1.165) is 30.0 Å². The molecule has 0 atom stereocenters. The number of fused-ring (bicyclic) bond motifs is 1. The quantitative estimate of drug-likeness (QED) is 0.776. The molecule has 0 aromatic heterocycles. The van der Waals surface area contributed by atoms with E-state index in [0.29, 0.717) is 13.2 Å². The van der Waals surface area contributed by atoms with E-state index < -0.39 is 0 Å². The number of benzene rings is 2. The van der Waals surface area contributed by atoms with Crippen LogP contribution in [-0.4, -0.2) is 33.3 Å². The number of aryl methyl sites for hydroxylation is 1. The number of urea groups is 1. The molecular weight excluding hydrogens is 326 g/mol. The molecule has 1 aliphatic rings. The number of carbonyl (C=O) groups excluding carboxylic acids is 1. The van der Waals surface area contributed by atoms with Crippen LogP contribution in [0.4, 0.5) is 16.2 Å². The molecule has 5 nitrogen and oxygen atoms in total. The zero-order valence-electron chi connectivity index (χ0n) is 15.5. The SMILES string of the molecule is CN(C)c1ccc(NC(=O)NCCOc2cccc3c2CCCC3)cc1. The Hall–Kier alpha value is -2.69. The van der Waals surface area contributed by atoms with E-state index in [1.165, 1.54) is 24.0 Å². The summed E-state index contributed by atoms with van der Waals surface area (Å²) in [6.45, 7) is 0.925. The van der Waals surface area contributed by atoms with Gasteiger partial charge in [-0.15, -0.1) is 0 Å². The van der Waals surface area contributed by atoms with Crippen LogP contribution in [0.1, 0.15) is 24.0 Å². The van der Waals surface area contributed by atoms with E-state index in [1.807, 2.05) is 49.3 Å². The highest BCUT2D eigenvalue weighted by molar-refractivity contribution is 5.89. The summed E-state index contributed by atoms with van der Waals surface area (Å²) in [6.07, 6.45) is 4.70. The number of hydrogen-bond donors (Lipinski definition) is 2. The topological polar surface area (TPSA) is 53.6 Å². The van der Waals surface area contributed by atoms with Gasteiger partial charge >= 0.3 is 6.03 Å². The van der Waals surface area contributed by atoms with E-state index in [2.05, 4.69) is 22.8 Å². The van der Waals surface area contributed by atoms with E-state index in [-0.39, 0.29) is 6.03 Å². The highest BCUT2D eigenvalue weighted by atomic mass is 16.5. The van der Waals surface area contributed by atoms with Crippen molar-refractivity contribution in [3.05, 3.63) is 53.6 Å². The number of nitrogens with one attached hydrogen (secondary N) is 2. The predicted molar refractivity (Wildman–Crippen MR) is 106 cm³/mol. The summed E-state index contributed by atoms with van der Waals surface area (Å²) >= 11 is 0. The third-order valence-corrected chi connectivity index (χ3v) is 4.64. The molecule has 2 aromatic rings. The van der Waals surface area contributed by atoms with Crippen molar-refractivity contribution < 1.29 is 9.53 Å². The standard InChI is InChI=1S/C21H27N3O2/c1-24(2)18-12-10-17(11-13-18)23-21(25)22-14-15-26-20-9-5-7-16-6-3-4-8-19(16)20/h5,7,9-13H,3-4,6,8,14-15H2,1-2H3,(H2,22,23,25). The molecule has 0 heterocycles. The number of ether oxygens (including phenoxy) is 1. The first-order valence-corrected chi connectivity index (χ1v) is 9.19. The van der Waals surface area contributed by atoms with Crippen LogP contribution in [0.3, 0.4) is 0 Å². The molecule has 0 radical (unpaired) electrons. The molecule has 0 bridgehead atoms. The van der Waals surface area contributed by atoms with Gasteiger partial charge in [-0.3, -0.25) is 0 Å². The minimum absolute atomic E-state index is 0.221. The molecule has 2 N–H and O–H groups in total. The van der Waals surface area contributed by atoms with Crippen LogP contribution < -0.4 is 20.3 Å². The molecule has 0 spiro atoms. The molecule has 3 rings (SSSR count). The van der Waals surface area contributed by atoms with Gasteiger partial charge in [0.15, 0.2) is 0 Å². The third-order valence-electron chi connectivity index (χ3n) is 4.64. The molecule has 138 valence electrons. The molecule has 0 aliphatic heterocycles. The van der Waals surface area contributed by atoms with Crippen LogP contribution in [0, 0.1) is 0 Å². The van der Waals surface area contributed by atoms with E-state index in [1.54, 1.807) is 0 Å². The van der Waals surface area contributed by atoms with Gasteiger partial charge < -0.3 is 20.3 Å². The summed E-state index contributed by atoms with van der Waals surface area (Å²) in [7, 11) is 3.97. The van der Waals surface area contributed by atoms with Crippen LogP contribution in [0.25, 0.3) is 0 Å². The summed E-state index contributed by atoms with van der Waals surface area (Å²) < 4.78 is 5.90. The van der Waals surface area contributed by atoms with Gasteiger partial charge in [0.2, 0.25) is 0 Å². The Balaban J connectivity index is 1.43. The van der Waals surface area contributed by atoms with Gasteiger partial charge in [0, 0.05) is 25.5 Å². The minimum atomic E-state index is -0.221. The van der Waals surface area contributed by atoms with Gasteiger partial charge in [0.05, 0.1) is 6.54 Å². The maximum atomic E-state index is 12.0. The van der Waals surface area contributed by atoms with Crippen LogP contribution in [0.2, 0.25) is 0 Å². The van der Waals surface area contributed by atoms with Crippen molar-refractivity contribution in [2.45, 2.75) is 25.7 Å². The fourth-order valence-corrected chi connectivity index (χ4v) is 3.23. The first-order valence-electron chi connectivity index (χ1n) is 9.19. The van der Waals surface area contributed by atoms with Gasteiger partial charge in [0.25, 0.3) is 0 Å². The van der Waals surface area contributed by atoms with Crippen molar-refractivity contribution in [2.75, 3.05) is 37.5 Å². The van der Waals surface area contributed by atoms with Crippen molar-refractivity contribution >= 4 is 17.4 Å². The Morgan fingerprint density at radius 2 is 1.85 bits per heavy atom. The highest BCUT2D eigenvalue weighted by Gasteiger charge is 2.13. The van der Waals surface area contributed by atoms with Crippen molar-refractivity contribution in [3.8, 4) is 5.75 Å². The number of amides is 2. The highest BCUT2D eigenvalue weighted by Crippen LogP contribution is 2.29. The number of hydrogen-bond acceptors (Lipinski definition) is 3. The molecule has 2 aromatic carbocycles. The lowest BCUT2D eigenvalue weighted by atomic mass is 9.91. The largest absolute Gasteiger partial charge is 0.491 e. The van der Waals surface area contributed by atoms with Gasteiger partial charge in [-0.1, -0.05) is 12.1 Å². The molecule has 5 heteroatoms. The molecule has 26 heavy (non-hydrogen) atoms. The second-order valence-electron chi connectivity index (χ2n) is 6.77. The van der Waals surface area contributed by atoms with Crippen molar-refractivity contribution in [3.63, 3.8) is 0 Å². The normalized spacial score (nSPS) is 12.8. The molecular formula is C21H27N3O2. The zero-order chi connectivity index (χ0) is 18.4. The molecule has 0 saturated heterocycles. The summed E-state index contributed by atoms with van der Waals surface area (Å²) in [4.78, 5) is 14.0. The van der Waals surface area contributed by atoms with Crippen molar-refractivity contribution in [2.24, 2.45) is 0 Å². The molecule has 0 fully saturated rings. The number of nitrogens with zero attached hydrogens (tertiary/aromatic N) is 1. The van der Waals surface area contributed by atoms with Gasteiger partial charge in [0.1, 0.15) is 12.4 Å². The lowest BCUT2D eigenvalue weighted by Gasteiger charge is -2.19. The Morgan fingerprint density at radius 3 is 2.62 bits per heavy atom. The van der Waals surface area contributed by atoms with Crippen LogP contribution in [0.15, 0.2) is 42.5 Å². The van der Waals surface area contributed by atoms with Crippen molar-refractivity contribution in [1.29, 1.82) is 0 Å². The Kier molecular flexibility index (Phi) is 6.00. The Bertz CT molecular complexity index is 741. The second kappa shape index (κ2) is 8.61. The first-order chi connectivity index (χ1) is 12.6.